The van der Waals surface area contributed by atoms with Crippen molar-refractivity contribution in [3.05, 3.63) is 62.0 Å². The van der Waals surface area contributed by atoms with E-state index in [4.69, 9.17) is 0 Å². The fourth-order valence-electron chi connectivity index (χ4n) is 3.35. The molecule has 0 bridgehead atoms. The zero-order valence-electron chi connectivity index (χ0n) is 16.4. The van der Waals surface area contributed by atoms with Gasteiger partial charge in [0.1, 0.15) is 0 Å². The molecule has 0 unspecified atom stereocenters. The van der Waals surface area contributed by atoms with Crippen LogP contribution in [0.25, 0.3) is 22.1 Å². The number of aromatic amines is 1. The number of hydrogen-bond donors (Lipinski definition) is 2. The molecule has 11 heteroatoms. The SMILES string of the molecule is Cn1c(=O)c2c(ncn2CCCC(=O)Nc2ccc3nc[nH]c(=O)c3c2)n(C)c1=O. The van der Waals surface area contributed by atoms with Crippen molar-refractivity contribution >= 4 is 33.7 Å². The molecule has 3 aromatic heterocycles. The highest BCUT2D eigenvalue weighted by atomic mass is 16.2. The molecule has 0 atom stereocenters. The molecule has 154 valence electrons. The number of hydrogen-bond acceptors (Lipinski definition) is 6. The summed E-state index contributed by atoms with van der Waals surface area (Å²) in [6, 6.07) is 4.92. The number of fused-ring (bicyclic) bond motifs is 2. The molecule has 30 heavy (non-hydrogen) atoms. The van der Waals surface area contributed by atoms with E-state index in [9.17, 15) is 19.2 Å². The quantitative estimate of drug-likeness (QED) is 0.479. The Bertz CT molecular complexity index is 1460. The van der Waals surface area contributed by atoms with E-state index in [0.29, 0.717) is 40.7 Å². The van der Waals surface area contributed by atoms with E-state index < -0.39 is 11.2 Å². The molecule has 1 amide bonds. The number of amides is 1. The Balaban J connectivity index is 1.46. The number of carbonyl (C=O) groups excluding carboxylic acids is 1. The normalized spacial score (nSPS) is 11.3. The number of carbonyl (C=O) groups is 1. The number of H-pyrrole nitrogens is 1. The lowest BCUT2D eigenvalue weighted by molar-refractivity contribution is -0.116. The standard InChI is InChI=1S/C19H19N7O4/c1-24-16-15(18(29)25(2)19(24)30)26(10-22-16)7-3-4-14(27)23-11-5-6-13-12(8-11)17(28)21-9-20-13/h5-6,8-10H,3-4,7H2,1-2H3,(H,23,27)(H,20,21,28). The lowest BCUT2D eigenvalue weighted by Crippen LogP contribution is -2.37. The predicted octanol–water partition coefficient (Wildman–Crippen LogP) is 0.0891. The van der Waals surface area contributed by atoms with E-state index in [1.807, 2.05) is 0 Å². The number of anilines is 1. The van der Waals surface area contributed by atoms with E-state index in [2.05, 4.69) is 20.3 Å². The zero-order valence-corrected chi connectivity index (χ0v) is 16.4. The van der Waals surface area contributed by atoms with Crippen LogP contribution in [0, 0.1) is 0 Å². The van der Waals surface area contributed by atoms with Gasteiger partial charge in [0.05, 0.1) is 23.6 Å². The number of nitrogens with one attached hydrogen (secondary N) is 2. The van der Waals surface area contributed by atoms with Gasteiger partial charge in [-0.3, -0.25) is 23.5 Å². The van der Waals surface area contributed by atoms with Crippen molar-refractivity contribution in [1.29, 1.82) is 0 Å². The van der Waals surface area contributed by atoms with Crippen LogP contribution in [0.4, 0.5) is 5.69 Å². The maximum Gasteiger partial charge on any atom is 0.332 e. The van der Waals surface area contributed by atoms with Crippen molar-refractivity contribution in [2.45, 2.75) is 19.4 Å². The van der Waals surface area contributed by atoms with Crippen LogP contribution < -0.4 is 22.1 Å². The molecule has 0 spiro atoms. The smallest absolute Gasteiger partial charge is 0.326 e. The number of rotatable bonds is 5. The van der Waals surface area contributed by atoms with Crippen LogP contribution in [0.5, 0.6) is 0 Å². The van der Waals surface area contributed by atoms with Crippen LogP contribution in [0.3, 0.4) is 0 Å². The van der Waals surface area contributed by atoms with Crippen molar-refractivity contribution in [3.8, 4) is 0 Å². The average molecular weight is 409 g/mol. The van der Waals surface area contributed by atoms with Gasteiger partial charge in [-0.1, -0.05) is 0 Å². The molecule has 2 N–H and O–H groups in total. The first-order valence-electron chi connectivity index (χ1n) is 9.25. The fourth-order valence-corrected chi connectivity index (χ4v) is 3.35. The summed E-state index contributed by atoms with van der Waals surface area (Å²) in [6.45, 7) is 0.388. The van der Waals surface area contributed by atoms with Gasteiger partial charge >= 0.3 is 5.69 Å². The Labute approximate surface area is 168 Å². The summed E-state index contributed by atoms with van der Waals surface area (Å²) in [4.78, 5) is 59.3. The van der Waals surface area contributed by atoms with E-state index in [0.717, 1.165) is 4.57 Å². The number of aryl methyl sites for hydroxylation is 2. The Morgan fingerprint density at radius 2 is 1.93 bits per heavy atom. The number of aromatic nitrogens is 6. The second-order valence-electron chi connectivity index (χ2n) is 6.93. The van der Waals surface area contributed by atoms with Crippen molar-refractivity contribution in [1.82, 2.24) is 28.7 Å². The van der Waals surface area contributed by atoms with Crippen LogP contribution >= 0.6 is 0 Å². The van der Waals surface area contributed by atoms with Crippen LogP contribution in [-0.4, -0.2) is 34.6 Å². The van der Waals surface area contributed by atoms with Gasteiger partial charge < -0.3 is 14.9 Å². The second-order valence-corrected chi connectivity index (χ2v) is 6.93. The van der Waals surface area contributed by atoms with Gasteiger partial charge in [0.2, 0.25) is 5.91 Å². The number of imidazole rings is 1. The summed E-state index contributed by atoms with van der Waals surface area (Å²) in [6.07, 6.45) is 3.48. The summed E-state index contributed by atoms with van der Waals surface area (Å²) in [7, 11) is 2.97. The first-order valence-corrected chi connectivity index (χ1v) is 9.25. The first-order chi connectivity index (χ1) is 14.4. The molecule has 4 rings (SSSR count). The van der Waals surface area contributed by atoms with Crippen LogP contribution in [0.1, 0.15) is 12.8 Å². The van der Waals surface area contributed by atoms with Gasteiger partial charge in [-0.15, -0.1) is 0 Å². The van der Waals surface area contributed by atoms with Crippen molar-refractivity contribution in [2.75, 3.05) is 5.32 Å². The summed E-state index contributed by atoms with van der Waals surface area (Å²) in [5.41, 5.74) is 0.525. The maximum absolute atomic E-state index is 12.4. The predicted molar refractivity (Wildman–Crippen MR) is 110 cm³/mol. The molecule has 0 aliphatic rings. The third-order valence-corrected chi connectivity index (χ3v) is 4.94. The van der Waals surface area contributed by atoms with Crippen LogP contribution in [-0.2, 0) is 25.4 Å². The lowest BCUT2D eigenvalue weighted by Gasteiger charge is -2.08. The molecule has 1 aromatic carbocycles. The van der Waals surface area contributed by atoms with Crippen molar-refractivity contribution in [3.63, 3.8) is 0 Å². The van der Waals surface area contributed by atoms with Gasteiger partial charge in [-0.2, -0.15) is 0 Å². The molecule has 0 aliphatic heterocycles. The molecular formula is C19H19N7O4. The van der Waals surface area contributed by atoms with E-state index in [1.165, 1.54) is 24.3 Å². The summed E-state index contributed by atoms with van der Waals surface area (Å²) in [5, 5.41) is 3.15. The summed E-state index contributed by atoms with van der Waals surface area (Å²) < 4.78 is 3.99. The van der Waals surface area contributed by atoms with E-state index in [-0.39, 0.29) is 17.9 Å². The third-order valence-electron chi connectivity index (χ3n) is 4.94. The highest BCUT2D eigenvalue weighted by molar-refractivity contribution is 5.93. The molecule has 4 aromatic rings. The molecular weight excluding hydrogens is 390 g/mol. The first kappa shape index (κ1) is 19.3. The average Bonchev–Trinajstić information content (AvgIpc) is 3.15. The monoisotopic (exact) mass is 409 g/mol. The molecule has 0 saturated carbocycles. The van der Waals surface area contributed by atoms with Gasteiger partial charge in [0.25, 0.3) is 11.1 Å². The van der Waals surface area contributed by atoms with Crippen molar-refractivity contribution < 1.29 is 4.79 Å². The van der Waals surface area contributed by atoms with Crippen LogP contribution in [0.2, 0.25) is 0 Å². The fraction of sp³-hybridized carbons (Fsp3) is 0.263. The Kier molecular flexibility index (Phi) is 4.78. The topological polar surface area (TPSA) is 137 Å². The van der Waals surface area contributed by atoms with Crippen molar-refractivity contribution in [2.24, 2.45) is 14.1 Å². The molecule has 0 fully saturated rings. The second kappa shape index (κ2) is 7.43. The Morgan fingerprint density at radius 1 is 1.13 bits per heavy atom. The minimum atomic E-state index is -0.443. The zero-order chi connectivity index (χ0) is 21.4. The van der Waals surface area contributed by atoms with Gasteiger partial charge in [0.15, 0.2) is 11.2 Å². The lowest BCUT2D eigenvalue weighted by atomic mass is 10.2. The molecule has 11 nitrogen and oxygen atoms in total. The minimum Gasteiger partial charge on any atom is -0.326 e. The Hall–Kier alpha value is -4.02. The molecule has 3 heterocycles. The molecule has 0 saturated heterocycles. The molecule has 0 aliphatic carbocycles. The highest BCUT2D eigenvalue weighted by Gasteiger charge is 2.14. The van der Waals surface area contributed by atoms with Gasteiger partial charge in [-0.05, 0) is 24.6 Å². The largest absolute Gasteiger partial charge is 0.332 e. The Morgan fingerprint density at radius 3 is 2.73 bits per heavy atom. The van der Waals surface area contributed by atoms with Crippen LogP contribution in [0.15, 0.2) is 45.2 Å². The third kappa shape index (κ3) is 3.30. The minimum absolute atomic E-state index is 0.202. The maximum atomic E-state index is 12.4. The summed E-state index contributed by atoms with van der Waals surface area (Å²) >= 11 is 0. The highest BCUT2D eigenvalue weighted by Crippen LogP contribution is 2.14. The number of benzene rings is 1. The van der Waals surface area contributed by atoms with E-state index in [1.54, 1.807) is 29.8 Å². The summed E-state index contributed by atoms with van der Waals surface area (Å²) in [5.74, 6) is -0.223. The van der Waals surface area contributed by atoms with E-state index >= 15 is 0 Å². The number of nitrogens with zero attached hydrogens (tertiary/aromatic N) is 5. The molecule has 0 radical (unpaired) electrons. The van der Waals surface area contributed by atoms with Gasteiger partial charge in [-0.25, -0.2) is 14.8 Å². The van der Waals surface area contributed by atoms with Gasteiger partial charge in [0, 0.05) is 32.7 Å².